The van der Waals surface area contributed by atoms with Crippen molar-refractivity contribution >= 4 is 33.0 Å². The summed E-state index contributed by atoms with van der Waals surface area (Å²) in [6.07, 6.45) is 4.38. The Bertz CT molecular complexity index is 1030. The van der Waals surface area contributed by atoms with Crippen molar-refractivity contribution in [3.8, 4) is 0 Å². The summed E-state index contributed by atoms with van der Waals surface area (Å²) in [4.78, 5) is 11.7. The van der Waals surface area contributed by atoms with E-state index < -0.39 is 16.0 Å². The number of fused-ring (bicyclic) bond motifs is 1. The van der Waals surface area contributed by atoms with Crippen molar-refractivity contribution in [2.45, 2.75) is 11.8 Å². The Morgan fingerprint density at radius 3 is 2.48 bits per heavy atom. The van der Waals surface area contributed by atoms with Gasteiger partial charge < -0.3 is 4.74 Å². The SMILES string of the molecule is CCOC(=O)C=Cc1cn(S(=O)(=O)c2ccccc2)c2ccccc12. The van der Waals surface area contributed by atoms with Crippen molar-refractivity contribution in [3.63, 3.8) is 0 Å². The smallest absolute Gasteiger partial charge is 0.330 e. The zero-order valence-electron chi connectivity index (χ0n) is 13.6. The van der Waals surface area contributed by atoms with Gasteiger partial charge in [0.05, 0.1) is 17.0 Å². The van der Waals surface area contributed by atoms with Gasteiger partial charge in [-0.1, -0.05) is 36.4 Å². The molecule has 3 rings (SSSR count). The summed E-state index contributed by atoms with van der Waals surface area (Å²) in [6.45, 7) is 2.01. The molecule has 6 heteroatoms. The fourth-order valence-electron chi connectivity index (χ4n) is 2.56. The summed E-state index contributed by atoms with van der Waals surface area (Å²) in [7, 11) is -3.73. The molecule has 0 aliphatic carbocycles. The number of aromatic nitrogens is 1. The van der Waals surface area contributed by atoms with Crippen LogP contribution in [0.2, 0.25) is 0 Å². The maximum absolute atomic E-state index is 12.9. The van der Waals surface area contributed by atoms with Gasteiger partial charge in [-0.3, -0.25) is 0 Å². The Labute approximate surface area is 146 Å². The molecule has 3 aromatic rings. The van der Waals surface area contributed by atoms with Gasteiger partial charge in [-0.05, 0) is 31.2 Å². The lowest BCUT2D eigenvalue weighted by molar-refractivity contribution is -0.137. The van der Waals surface area contributed by atoms with Gasteiger partial charge in [0, 0.05) is 23.2 Å². The van der Waals surface area contributed by atoms with E-state index in [0.717, 1.165) is 5.39 Å². The molecule has 0 radical (unpaired) electrons. The van der Waals surface area contributed by atoms with E-state index in [0.29, 0.717) is 11.1 Å². The van der Waals surface area contributed by atoms with Gasteiger partial charge in [0.25, 0.3) is 10.0 Å². The molecule has 0 saturated heterocycles. The van der Waals surface area contributed by atoms with Gasteiger partial charge in [-0.15, -0.1) is 0 Å². The first-order valence-corrected chi connectivity index (χ1v) is 9.23. The standard InChI is InChI=1S/C19H17NO4S/c1-2-24-19(21)13-12-15-14-20(18-11-7-6-10-17(15)18)25(22,23)16-8-4-3-5-9-16/h3-14H,2H2,1H3. The predicted molar refractivity (Wildman–Crippen MR) is 96.6 cm³/mol. The van der Waals surface area contributed by atoms with E-state index in [1.165, 1.54) is 16.2 Å². The summed E-state index contributed by atoms with van der Waals surface area (Å²) in [6, 6.07) is 15.4. The number of hydrogen-bond donors (Lipinski definition) is 0. The van der Waals surface area contributed by atoms with Crippen LogP contribution in [-0.2, 0) is 19.6 Å². The highest BCUT2D eigenvalue weighted by molar-refractivity contribution is 7.90. The van der Waals surface area contributed by atoms with E-state index in [4.69, 9.17) is 4.74 Å². The van der Waals surface area contributed by atoms with Crippen LogP contribution >= 0.6 is 0 Å². The third-order valence-corrected chi connectivity index (χ3v) is 5.38. The molecule has 0 amide bonds. The van der Waals surface area contributed by atoms with Crippen LogP contribution in [0.4, 0.5) is 0 Å². The second-order valence-electron chi connectivity index (χ2n) is 5.30. The van der Waals surface area contributed by atoms with Crippen LogP contribution in [0.1, 0.15) is 12.5 Å². The molecular formula is C19H17NO4S. The molecule has 2 aromatic carbocycles. The molecule has 0 aliphatic rings. The predicted octanol–water partition coefficient (Wildman–Crippen LogP) is 3.45. The Morgan fingerprint density at radius 1 is 1.08 bits per heavy atom. The fourth-order valence-corrected chi connectivity index (χ4v) is 3.96. The van der Waals surface area contributed by atoms with Crippen LogP contribution in [0, 0.1) is 0 Å². The summed E-state index contributed by atoms with van der Waals surface area (Å²) in [5, 5.41) is 0.738. The molecule has 0 spiro atoms. The molecule has 0 N–H and O–H groups in total. The van der Waals surface area contributed by atoms with Crippen LogP contribution in [0.15, 0.2) is 71.8 Å². The minimum absolute atomic E-state index is 0.205. The second-order valence-corrected chi connectivity index (χ2v) is 7.12. The van der Waals surface area contributed by atoms with Gasteiger partial charge in [0.2, 0.25) is 0 Å². The summed E-state index contributed by atoms with van der Waals surface area (Å²) in [5.74, 6) is -0.467. The van der Waals surface area contributed by atoms with Gasteiger partial charge >= 0.3 is 5.97 Å². The van der Waals surface area contributed by atoms with Crippen molar-refractivity contribution in [2.24, 2.45) is 0 Å². The quantitative estimate of drug-likeness (QED) is 0.519. The minimum atomic E-state index is -3.73. The van der Waals surface area contributed by atoms with Gasteiger partial charge in [0.15, 0.2) is 0 Å². The van der Waals surface area contributed by atoms with E-state index in [1.54, 1.807) is 55.5 Å². The molecule has 1 aromatic heterocycles. The molecule has 0 saturated carbocycles. The Kier molecular flexibility index (Phi) is 4.72. The van der Waals surface area contributed by atoms with Crippen molar-refractivity contribution in [1.82, 2.24) is 3.97 Å². The average Bonchev–Trinajstić information content (AvgIpc) is 3.01. The van der Waals surface area contributed by atoms with Crippen LogP contribution in [0.5, 0.6) is 0 Å². The monoisotopic (exact) mass is 355 g/mol. The zero-order chi connectivity index (χ0) is 17.9. The minimum Gasteiger partial charge on any atom is -0.463 e. The molecule has 1 heterocycles. The molecule has 25 heavy (non-hydrogen) atoms. The maximum Gasteiger partial charge on any atom is 0.330 e. The van der Waals surface area contributed by atoms with Crippen molar-refractivity contribution in [3.05, 3.63) is 72.4 Å². The van der Waals surface area contributed by atoms with Crippen molar-refractivity contribution < 1.29 is 17.9 Å². The number of carbonyl (C=O) groups excluding carboxylic acids is 1. The number of nitrogens with zero attached hydrogens (tertiary/aromatic N) is 1. The first kappa shape index (κ1) is 17.0. The number of ether oxygens (including phenoxy) is 1. The van der Waals surface area contributed by atoms with Crippen LogP contribution in [-0.4, -0.2) is 25.0 Å². The van der Waals surface area contributed by atoms with Crippen LogP contribution in [0.25, 0.3) is 17.0 Å². The average molecular weight is 355 g/mol. The van der Waals surface area contributed by atoms with E-state index in [1.807, 2.05) is 12.1 Å². The largest absolute Gasteiger partial charge is 0.463 e. The first-order valence-electron chi connectivity index (χ1n) is 7.79. The number of benzene rings is 2. The van der Waals surface area contributed by atoms with E-state index >= 15 is 0 Å². The summed E-state index contributed by atoms with van der Waals surface area (Å²) in [5.41, 5.74) is 1.18. The molecule has 0 fully saturated rings. The number of para-hydroxylation sites is 1. The number of esters is 1. The maximum atomic E-state index is 12.9. The van der Waals surface area contributed by atoms with E-state index in [9.17, 15) is 13.2 Å². The Balaban J connectivity index is 2.13. The molecule has 0 bridgehead atoms. The molecule has 5 nitrogen and oxygen atoms in total. The van der Waals surface area contributed by atoms with Crippen molar-refractivity contribution in [2.75, 3.05) is 6.61 Å². The molecule has 0 aliphatic heterocycles. The lowest BCUT2D eigenvalue weighted by atomic mass is 10.1. The second kappa shape index (κ2) is 6.94. The fraction of sp³-hybridized carbons (Fsp3) is 0.105. The summed E-state index contributed by atoms with van der Waals surface area (Å²) >= 11 is 0. The number of carbonyl (C=O) groups is 1. The highest BCUT2D eigenvalue weighted by Crippen LogP contribution is 2.26. The molecule has 128 valence electrons. The topological polar surface area (TPSA) is 65.4 Å². The molecular weight excluding hydrogens is 338 g/mol. The zero-order valence-corrected chi connectivity index (χ0v) is 14.4. The normalized spacial score (nSPS) is 11.9. The highest BCUT2D eigenvalue weighted by atomic mass is 32.2. The number of hydrogen-bond acceptors (Lipinski definition) is 4. The Morgan fingerprint density at radius 2 is 1.76 bits per heavy atom. The highest BCUT2D eigenvalue weighted by Gasteiger charge is 2.20. The lowest BCUT2D eigenvalue weighted by Crippen LogP contribution is -2.11. The van der Waals surface area contributed by atoms with Gasteiger partial charge in [-0.2, -0.15) is 0 Å². The van der Waals surface area contributed by atoms with E-state index in [-0.39, 0.29) is 11.5 Å². The number of rotatable bonds is 5. The van der Waals surface area contributed by atoms with Crippen LogP contribution < -0.4 is 0 Å². The third-order valence-electron chi connectivity index (χ3n) is 3.69. The van der Waals surface area contributed by atoms with E-state index in [2.05, 4.69) is 0 Å². The molecule has 0 atom stereocenters. The third kappa shape index (κ3) is 3.34. The van der Waals surface area contributed by atoms with Crippen LogP contribution in [0.3, 0.4) is 0 Å². The lowest BCUT2D eigenvalue weighted by Gasteiger charge is -2.07. The summed E-state index contributed by atoms with van der Waals surface area (Å²) < 4.78 is 32.0. The Hall–Kier alpha value is -2.86. The van der Waals surface area contributed by atoms with Gasteiger partial charge in [-0.25, -0.2) is 17.2 Å². The van der Waals surface area contributed by atoms with Crippen molar-refractivity contribution in [1.29, 1.82) is 0 Å². The van der Waals surface area contributed by atoms with Gasteiger partial charge in [0.1, 0.15) is 0 Å². The molecule has 0 unspecified atom stereocenters. The first-order chi connectivity index (χ1) is 12.0.